The van der Waals surface area contributed by atoms with E-state index in [2.05, 4.69) is 32.7 Å². The second kappa shape index (κ2) is 16.3. The summed E-state index contributed by atoms with van der Waals surface area (Å²) in [5.41, 5.74) is 1.69. The van der Waals surface area contributed by atoms with Crippen LogP contribution in [0.3, 0.4) is 0 Å². The number of nitrogens with zero attached hydrogens (tertiary/aromatic N) is 2. The van der Waals surface area contributed by atoms with E-state index < -0.39 is 10.0 Å². The minimum absolute atomic E-state index is 0. The fourth-order valence-electron chi connectivity index (χ4n) is 3.43. The van der Waals surface area contributed by atoms with E-state index >= 15 is 0 Å². The zero-order valence-electron chi connectivity index (χ0n) is 19.7. The van der Waals surface area contributed by atoms with Gasteiger partial charge in [-0.1, -0.05) is 89.7 Å². The summed E-state index contributed by atoms with van der Waals surface area (Å²) >= 11 is 0. The molecule has 0 radical (unpaired) electrons. The maximum Gasteiger partial charge on any atom is 0.132 e. The molecule has 0 fully saturated rings. The predicted molar refractivity (Wildman–Crippen MR) is 144 cm³/mol. The molecule has 176 valence electrons. The molecule has 0 amide bonds. The summed E-state index contributed by atoms with van der Waals surface area (Å²) in [5.74, 6) is 0.155. The summed E-state index contributed by atoms with van der Waals surface area (Å²) in [6, 6.07) is 7.57. The molecule has 0 atom stereocenters. The summed E-state index contributed by atoms with van der Waals surface area (Å²) in [6.45, 7) is 5.37. The highest BCUT2D eigenvalue weighted by atomic mass is 127. The molecule has 0 aliphatic rings. The van der Waals surface area contributed by atoms with Gasteiger partial charge in [0.2, 0.25) is 0 Å². The fourth-order valence-corrected chi connectivity index (χ4v) is 4.53. The van der Waals surface area contributed by atoms with Gasteiger partial charge in [0.05, 0.1) is 30.7 Å². The molecule has 0 bridgehead atoms. The minimum atomic E-state index is -3.38. The first-order valence-corrected chi connectivity index (χ1v) is 13.3. The van der Waals surface area contributed by atoms with Gasteiger partial charge in [0.25, 0.3) is 0 Å². The predicted octanol–water partition coefficient (Wildman–Crippen LogP) is 7.93. The maximum atomic E-state index is 12.2. The minimum Gasteiger partial charge on any atom is -0.577 e. The Morgan fingerprint density at radius 3 is 1.60 bits per heavy atom. The quantitative estimate of drug-likeness (QED) is 0.112. The number of benzene rings is 1. The van der Waals surface area contributed by atoms with Gasteiger partial charge in [0.1, 0.15) is 5.69 Å². The number of quaternary nitrogens is 1. The van der Waals surface area contributed by atoms with E-state index in [0.29, 0.717) is 12.1 Å². The molecule has 1 aromatic carbocycles. The third kappa shape index (κ3) is 13.2. The lowest BCUT2D eigenvalue weighted by molar-refractivity contribution is 0.421. The van der Waals surface area contributed by atoms with Crippen LogP contribution >= 0.6 is 24.0 Å². The van der Waals surface area contributed by atoms with Crippen molar-refractivity contribution in [2.45, 2.75) is 90.9 Å². The van der Waals surface area contributed by atoms with Crippen LogP contribution in [0, 0.1) is 0 Å². The van der Waals surface area contributed by atoms with Crippen molar-refractivity contribution in [3.8, 4) is 0 Å². The Balaban J connectivity index is 0.00000841. The molecule has 0 saturated carbocycles. The summed E-state index contributed by atoms with van der Waals surface area (Å²) in [6.07, 6.45) is 14.8. The molecule has 6 heteroatoms. The van der Waals surface area contributed by atoms with Gasteiger partial charge in [-0.25, -0.2) is 8.42 Å². The molecule has 0 unspecified atom stereocenters. The molecule has 0 saturated heterocycles. The number of hydrogen-bond acceptors (Lipinski definition) is 2. The Morgan fingerprint density at radius 2 is 1.17 bits per heavy atom. The van der Waals surface area contributed by atoms with Crippen LogP contribution in [0.5, 0.6) is 0 Å². The van der Waals surface area contributed by atoms with E-state index in [1.165, 1.54) is 57.8 Å². The van der Waals surface area contributed by atoms with Crippen molar-refractivity contribution in [1.29, 1.82) is 0 Å². The summed E-state index contributed by atoms with van der Waals surface area (Å²) < 4.78 is 29.3. The normalized spacial score (nSPS) is 11.9. The second-order valence-electron chi connectivity index (χ2n) is 8.78. The Kier molecular flexibility index (Phi) is 16.1. The molecular formula is C24H45IN2O2S. The van der Waals surface area contributed by atoms with Crippen LogP contribution in [0.4, 0.5) is 11.4 Å². The Hall–Kier alpha value is -0.340. The summed E-state index contributed by atoms with van der Waals surface area (Å²) in [4.78, 5) is 0. The third-order valence-corrected chi connectivity index (χ3v) is 7.13. The Morgan fingerprint density at radius 1 is 0.733 bits per heavy atom. The standard InChI is InChI=1S/C24H44N2O2S.HI/c1-5-7-8-9-10-11-12-13-14-15-16-17-22-29(27,28)25-23-18-20-24(21-19-23)26(3,4)6-2;/h18-21H,5-17,22H2,1-4H3;1H. The zero-order valence-corrected chi connectivity index (χ0v) is 22.9. The average Bonchev–Trinajstić information content (AvgIpc) is 2.69. The van der Waals surface area contributed by atoms with Crippen LogP contribution in [0.25, 0.3) is 4.72 Å². The number of rotatable bonds is 17. The number of sulfonamides is 1. The van der Waals surface area contributed by atoms with Crippen molar-refractivity contribution in [3.63, 3.8) is 0 Å². The molecular weight excluding hydrogens is 507 g/mol. The molecule has 0 N–H and O–H groups in total. The van der Waals surface area contributed by atoms with Crippen molar-refractivity contribution < 1.29 is 8.42 Å². The smallest absolute Gasteiger partial charge is 0.132 e. The number of halogens is 1. The van der Waals surface area contributed by atoms with E-state index in [4.69, 9.17) is 0 Å². The van der Waals surface area contributed by atoms with Gasteiger partial charge in [-0.2, -0.15) is 0 Å². The first kappa shape index (κ1) is 29.7. The third-order valence-electron chi connectivity index (χ3n) is 5.84. The molecule has 0 heterocycles. The number of unbranched alkanes of at least 4 members (excludes halogenated alkanes) is 11. The Labute approximate surface area is 203 Å². The molecule has 30 heavy (non-hydrogen) atoms. The van der Waals surface area contributed by atoms with E-state index in [-0.39, 0.29) is 29.7 Å². The first-order valence-electron chi connectivity index (χ1n) is 11.7. The lowest BCUT2D eigenvalue weighted by Crippen LogP contribution is -2.39. The first-order chi connectivity index (χ1) is 13.8. The molecule has 0 aliphatic carbocycles. The van der Waals surface area contributed by atoms with Gasteiger partial charge in [0.15, 0.2) is 0 Å². The van der Waals surface area contributed by atoms with Crippen molar-refractivity contribution in [1.82, 2.24) is 4.48 Å². The topological polar surface area (TPSA) is 48.2 Å². The summed E-state index contributed by atoms with van der Waals surface area (Å²) in [5, 5.41) is 0. The fraction of sp³-hybridized carbons (Fsp3) is 0.750. The molecule has 1 aromatic rings. The molecule has 0 spiro atoms. The van der Waals surface area contributed by atoms with Crippen LogP contribution in [-0.2, 0) is 10.0 Å². The Bertz CT molecular complexity index is 646. The number of hydrogen-bond donors (Lipinski definition) is 0. The van der Waals surface area contributed by atoms with E-state index in [0.717, 1.165) is 29.6 Å². The molecule has 1 rings (SSSR count). The molecule has 4 nitrogen and oxygen atoms in total. The van der Waals surface area contributed by atoms with Crippen molar-refractivity contribution in [2.75, 3.05) is 26.4 Å². The van der Waals surface area contributed by atoms with Crippen LogP contribution < -0.4 is 4.48 Å². The largest absolute Gasteiger partial charge is 0.577 e. The van der Waals surface area contributed by atoms with Crippen molar-refractivity contribution in [2.24, 2.45) is 0 Å². The van der Waals surface area contributed by atoms with Gasteiger partial charge < -0.3 is 4.72 Å². The van der Waals surface area contributed by atoms with Crippen LogP contribution in [-0.4, -0.2) is 34.8 Å². The lowest BCUT2D eigenvalue weighted by atomic mass is 10.1. The molecule has 0 aromatic heterocycles. The van der Waals surface area contributed by atoms with Crippen LogP contribution in [0.1, 0.15) is 90.9 Å². The highest BCUT2D eigenvalue weighted by Gasteiger charge is 2.14. The van der Waals surface area contributed by atoms with E-state index in [1.54, 1.807) is 0 Å². The average molecular weight is 553 g/mol. The zero-order chi connectivity index (χ0) is 21.6. The highest BCUT2D eigenvalue weighted by Crippen LogP contribution is 2.28. The molecule has 0 aliphatic heterocycles. The van der Waals surface area contributed by atoms with E-state index in [9.17, 15) is 8.42 Å². The van der Waals surface area contributed by atoms with Gasteiger partial charge in [-0.05, 0) is 25.5 Å². The van der Waals surface area contributed by atoms with E-state index in [1.807, 2.05) is 24.3 Å². The van der Waals surface area contributed by atoms with Crippen LogP contribution in [0.15, 0.2) is 24.3 Å². The van der Waals surface area contributed by atoms with Gasteiger partial charge >= 0.3 is 0 Å². The van der Waals surface area contributed by atoms with Crippen molar-refractivity contribution in [3.05, 3.63) is 29.0 Å². The highest BCUT2D eigenvalue weighted by molar-refractivity contribution is 14.0. The lowest BCUT2D eigenvalue weighted by Gasteiger charge is -2.29. The maximum absolute atomic E-state index is 12.2. The summed E-state index contributed by atoms with van der Waals surface area (Å²) in [7, 11) is 0.890. The van der Waals surface area contributed by atoms with Gasteiger partial charge in [-0.3, -0.25) is 4.48 Å². The SMILES string of the molecule is CCCCCCCCCCCCCCS(=O)(=O)[N-]c1ccc([N+](C)(C)CC)cc1.I. The van der Waals surface area contributed by atoms with Gasteiger partial charge in [0, 0.05) is 5.75 Å². The van der Waals surface area contributed by atoms with Crippen molar-refractivity contribution >= 4 is 45.4 Å². The van der Waals surface area contributed by atoms with Crippen LogP contribution in [0.2, 0.25) is 0 Å². The second-order valence-corrected chi connectivity index (χ2v) is 10.5. The monoisotopic (exact) mass is 552 g/mol. The van der Waals surface area contributed by atoms with Gasteiger partial charge in [-0.15, -0.1) is 29.7 Å².